The second-order valence-corrected chi connectivity index (χ2v) is 5.85. The maximum Gasteiger partial charge on any atom is 0.237 e. The smallest absolute Gasteiger partial charge is 0.237 e. The Hall–Kier alpha value is -1.40. The lowest BCUT2D eigenvalue weighted by atomic mass is 10.0. The monoisotopic (exact) mass is 282 g/mol. The van der Waals surface area contributed by atoms with Crippen molar-refractivity contribution in [2.45, 2.75) is 23.8 Å². The van der Waals surface area contributed by atoms with Crippen LogP contribution < -0.4 is 20.9 Å². The van der Waals surface area contributed by atoms with Gasteiger partial charge >= 0.3 is 0 Å². The van der Waals surface area contributed by atoms with Crippen LogP contribution in [0.1, 0.15) is 13.3 Å². The van der Waals surface area contributed by atoms with Crippen LogP contribution in [0.15, 0.2) is 23.1 Å². The van der Waals surface area contributed by atoms with Crippen LogP contribution in [-0.4, -0.2) is 30.4 Å². The average Bonchev–Trinajstić information content (AvgIpc) is 2.38. The van der Waals surface area contributed by atoms with Gasteiger partial charge in [0, 0.05) is 10.6 Å². The fourth-order valence-electron chi connectivity index (χ4n) is 1.62. The Morgan fingerprint density at radius 2 is 2.05 bits per heavy atom. The van der Waals surface area contributed by atoms with Crippen LogP contribution in [0.2, 0.25) is 0 Å². The number of benzene rings is 1. The van der Waals surface area contributed by atoms with Crippen molar-refractivity contribution in [1.82, 2.24) is 0 Å². The second kappa shape index (κ2) is 5.71. The Bertz CT molecular complexity index is 477. The molecule has 0 fully saturated rings. The van der Waals surface area contributed by atoms with Gasteiger partial charge in [-0.2, -0.15) is 0 Å². The maximum atomic E-state index is 11.1. The zero-order valence-electron chi connectivity index (χ0n) is 10.8. The van der Waals surface area contributed by atoms with E-state index in [-0.39, 0.29) is 0 Å². The van der Waals surface area contributed by atoms with Crippen molar-refractivity contribution < 1.29 is 14.3 Å². The Balaban J connectivity index is 1.92. The first-order valence-corrected chi connectivity index (χ1v) is 7.09. The molecule has 4 N–H and O–H groups in total. The molecule has 104 valence electrons. The highest BCUT2D eigenvalue weighted by atomic mass is 32.2. The van der Waals surface area contributed by atoms with Crippen molar-refractivity contribution in [3.8, 4) is 11.5 Å². The number of hydrogen-bond donors (Lipinski definition) is 2. The van der Waals surface area contributed by atoms with E-state index in [1.54, 1.807) is 18.7 Å². The van der Waals surface area contributed by atoms with Crippen LogP contribution in [0.3, 0.4) is 0 Å². The van der Waals surface area contributed by atoms with E-state index in [1.165, 1.54) is 0 Å². The number of ether oxygens (including phenoxy) is 2. The van der Waals surface area contributed by atoms with E-state index in [0.29, 0.717) is 19.6 Å². The van der Waals surface area contributed by atoms with Crippen molar-refractivity contribution in [2.75, 3.05) is 19.0 Å². The van der Waals surface area contributed by atoms with E-state index < -0.39 is 11.4 Å². The zero-order chi connectivity index (χ0) is 13.9. The Morgan fingerprint density at radius 1 is 1.37 bits per heavy atom. The Labute approximate surface area is 116 Å². The van der Waals surface area contributed by atoms with Gasteiger partial charge < -0.3 is 20.9 Å². The van der Waals surface area contributed by atoms with Crippen molar-refractivity contribution in [1.29, 1.82) is 0 Å². The molecular weight excluding hydrogens is 264 g/mol. The third-order valence-corrected chi connectivity index (χ3v) is 3.96. The van der Waals surface area contributed by atoms with Gasteiger partial charge in [-0.15, -0.1) is 11.8 Å². The van der Waals surface area contributed by atoms with Gasteiger partial charge in [-0.25, -0.2) is 0 Å². The topological polar surface area (TPSA) is 87.6 Å². The molecule has 0 radical (unpaired) electrons. The SMILES string of the molecule is CC(N)(CCSc1ccc2c(c1)OCCO2)C(N)=O. The highest BCUT2D eigenvalue weighted by Gasteiger charge is 2.25. The first kappa shape index (κ1) is 14.0. The molecule has 1 aliphatic rings. The molecular formula is C13H18N2O3S. The van der Waals surface area contributed by atoms with Crippen LogP contribution in [0.25, 0.3) is 0 Å². The fourth-order valence-corrected chi connectivity index (χ4v) is 2.73. The van der Waals surface area contributed by atoms with Crippen LogP contribution in [0.5, 0.6) is 11.5 Å². The summed E-state index contributed by atoms with van der Waals surface area (Å²) < 4.78 is 11.0. The van der Waals surface area contributed by atoms with Gasteiger partial charge in [0.05, 0.1) is 5.54 Å². The van der Waals surface area contributed by atoms with Gasteiger partial charge in [0.1, 0.15) is 13.2 Å². The van der Waals surface area contributed by atoms with Crippen LogP contribution in [-0.2, 0) is 4.79 Å². The standard InChI is InChI=1S/C13H18N2O3S/c1-13(15,12(14)16)4-7-19-9-2-3-10-11(8-9)18-6-5-17-10/h2-3,8H,4-7,15H2,1H3,(H2,14,16). The molecule has 19 heavy (non-hydrogen) atoms. The van der Waals surface area contributed by atoms with E-state index in [4.69, 9.17) is 20.9 Å². The number of nitrogens with two attached hydrogens (primary N) is 2. The molecule has 0 aromatic heterocycles. The van der Waals surface area contributed by atoms with Crippen LogP contribution in [0, 0.1) is 0 Å². The minimum atomic E-state index is -0.958. The predicted molar refractivity (Wildman–Crippen MR) is 74.6 cm³/mol. The largest absolute Gasteiger partial charge is 0.486 e. The van der Waals surface area contributed by atoms with Gasteiger partial charge in [0.2, 0.25) is 5.91 Å². The van der Waals surface area contributed by atoms with Crippen molar-refractivity contribution >= 4 is 17.7 Å². The normalized spacial score (nSPS) is 16.7. The number of hydrogen-bond acceptors (Lipinski definition) is 5. The highest BCUT2D eigenvalue weighted by Crippen LogP contribution is 2.34. The Kier molecular flexibility index (Phi) is 4.21. The molecule has 1 unspecified atom stereocenters. The summed E-state index contributed by atoms with van der Waals surface area (Å²) in [6.07, 6.45) is 0.529. The van der Waals surface area contributed by atoms with Gasteiger partial charge in [-0.05, 0) is 31.5 Å². The maximum absolute atomic E-state index is 11.1. The quantitative estimate of drug-likeness (QED) is 0.791. The van der Waals surface area contributed by atoms with Crippen LogP contribution >= 0.6 is 11.8 Å². The summed E-state index contributed by atoms with van der Waals surface area (Å²) >= 11 is 1.61. The zero-order valence-corrected chi connectivity index (χ0v) is 11.7. The molecule has 1 aliphatic heterocycles. The lowest BCUT2D eigenvalue weighted by molar-refractivity contribution is -0.122. The molecule has 0 saturated heterocycles. The highest BCUT2D eigenvalue weighted by molar-refractivity contribution is 7.99. The van der Waals surface area contributed by atoms with Gasteiger partial charge in [-0.3, -0.25) is 4.79 Å². The molecule has 0 spiro atoms. The minimum Gasteiger partial charge on any atom is -0.486 e. The molecule has 1 aromatic rings. The summed E-state index contributed by atoms with van der Waals surface area (Å²) in [5, 5.41) is 0. The minimum absolute atomic E-state index is 0.477. The summed E-state index contributed by atoms with van der Waals surface area (Å²) in [5.74, 6) is 1.78. The summed E-state index contributed by atoms with van der Waals surface area (Å²) in [5.41, 5.74) is 10.1. The molecule has 1 atom stereocenters. The number of rotatable bonds is 5. The second-order valence-electron chi connectivity index (χ2n) is 4.69. The number of carbonyl (C=O) groups excluding carboxylic acids is 1. The molecule has 1 amide bonds. The average molecular weight is 282 g/mol. The molecule has 2 rings (SSSR count). The summed E-state index contributed by atoms with van der Waals surface area (Å²) in [4.78, 5) is 12.2. The number of fused-ring (bicyclic) bond motifs is 1. The lowest BCUT2D eigenvalue weighted by Gasteiger charge is -2.20. The summed E-state index contributed by atoms with van der Waals surface area (Å²) in [6.45, 7) is 2.81. The Morgan fingerprint density at radius 3 is 2.74 bits per heavy atom. The molecule has 5 nitrogen and oxygen atoms in total. The molecule has 1 heterocycles. The van der Waals surface area contributed by atoms with Gasteiger partial charge in [0.15, 0.2) is 11.5 Å². The van der Waals surface area contributed by atoms with Crippen molar-refractivity contribution in [2.24, 2.45) is 11.5 Å². The number of thioether (sulfide) groups is 1. The third kappa shape index (κ3) is 3.54. The lowest BCUT2D eigenvalue weighted by Crippen LogP contribution is -2.49. The number of primary amides is 1. The number of carbonyl (C=O) groups is 1. The summed E-state index contributed by atoms with van der Waals surface area (Å²) in [6, 6.07) is 5.81. The van der Waals surface area contributed by atoms with E-state index in [2.05, 4.69) is 0 Å². The number of amides is 1. The van der Waals surface area contributed by atoms with Gasteiger partial charge in [-0.1, -0.05) is 0 Å². The van der Waals surface area contributed by atoms with Gasteiger partial charge in [0.25, 0.3) is 0 Å². The molecule has 0 saturated carbocycles. The van der Waals surface area contributed by atoms with Crippen LogP contribution in [0.4, 0.5) is 0 Å². The van der Waals surface area contributed by atoms with E-state index in [9.17, 15) is 4.79 Å². The van der Waals surface area contributed by atoms with Crippen molar-refractivity contribution in [3.05, 3.63) is 18.2 Å². The first-order chi connectivity index (χ1) is 8.99. The van der Waals surface area contributed by atoms with E-state index >= 15 is 0 Å². The van der Waals surface area contributed by atoms with Crippen molar-refractivity contribution in [3.63, 3.8) is 0 Å². The van der Waals surface area contributed by atoms with E-state index in [1.807, 2.05) is 18.2 Å². The molecule has 0 aliphatic carbocycles. The molecule has 6 heteroatoms. The predicted octanol–water partition coefficient (Wildman–Crippen LogP) is 1.14. The summed E-state index contributed by atoms with van der Waals surface area (Å²) in [7, 11) is 0. The third-order valence-electron chi connectivity index (χ3n) is 2.97. The molecule has 1 aromatic carbocycles. The fraction of sp³-hybridized carbons (Fsp3) is 0.462. The molecule has 0 bridgehead atoms. The van der Waals surface area contributed by atoms with E-state index in [0.717, 1.165) is 22.1 Å². The first-order valence-electron chi connectivity index (χ1n) is 6.10.